The molecular weight excluding hydrogens is 340 g/mol. The Morgan fingerprint density at radius 2 is 1.85 bits per heavy atom. The van der Waals surface area contributed by atoms with E-state index in [-0.39, 0.29) is 11.5 Å². The smallest absolute Gasteiger partial charge is 0.270 e. The van der Waals surface area contributed by atoms with Gasteiger partial charge < -0.3 is 9.88 Å². The van der Waals surface area contributed by atoms with Gasteiger partial charge in [-0.3, -0.25) is 14.7 Å². The monoisotopic (exact) mass is 362 g/mol. The van der Waals surface area contributed by atoms with Crippen LogP contribution in [-0.2, 0) is 6.42 Å². The molecule has 0 spiro atoms. The van der Waals surface area contributed by atoms with Gasteiger partial charge in [0.15, 0.2) is 0 Å². The van der Waals surface area contributed by atoms with Gasteiger partial charge in [0.05, 0.1) is 5.69 Å². The number of hydrogen-bond donors (Lipinski definition) is 2. The first-order valence-electron chi connectivity index (χ1n) is 9.26. The summed E-state index contributed by atoms with van der Waals surface area (Å²) in [6.07, 6.45) is 2.59. The third-order valence-corrected chi connectivity index (χ3v) is 5.09. The highest BCUT2D eigenvalue weighted by molar-refractivity contribution is 5.92. The van der Waals surface area contributed by atoms with Crippen LogP contribution in [0, 0.1) is 0 Å². The number of nitrogens with one attached hydrogen (secondary N) is 2. The average Bonchev–Trinajstić information content (AvgIpc) is 3.17. The number of likely N-dealkylation sites (tertiary alicyclic amines) is 1. The molecule has 0 radical (unpaired) electrons. The standard InChI is InChI=1S/C21H22N4O2/c26-20-8-4-7-18(22-20)21(27)25-11-9-16(10-12-25)19-14-17(23-24-19)13-15-5-2-1-3-6-15/h1-8,14,16H,9-13H2,(H,22,26)(H,23,24). The van der Waals surface area contributed by atoms with Crippen LogP contribution >= 0.6 is 0 Å². The predicted molar refractivity (Wildman–Crippen MR) is 103 cm³/mol. The number of H-pyrrole nitrogens is 2. The van der Waals surface area contributed by atoms with Crippen LogP contribution < -0.4 is 5.56 Å². The highest BCUT2D eigenvalue weighted by Gasteiger charge is 2.26. The number of pyridine rings is 1. The molecule has 6 nitrogen and oxygen atoms in total. The minimum atomic E-state index is -0.252. The molecule has 0 aliphatic carbocycles. The van der Waals surface area contributed by atoms with Crippen molar-refractivity contribution >= 4 is 5.91 Å². The molecule has 6 heteroatoms. The summed E-state index contributed by atoms with van der Waals surface area (Å²) >= 11 is 0. The van der Waals surface area contributed by atoms with Gasteiger partial charge in [-0.2, -0.15) is 5.10 Å². The summed E-state index contributed by atoms with van der Waals surface area (Å²) in [5, 5.41) is 7.65. The largest absolute Gasteiger partial charge is 0.337 e. The fraction of sp³-hybridized carbons (Fsp3) is 0.286. The van der Waals surface area contributed by atoms with Crippen LogP contribution in [0.15, 0.2) is 59.4 Å². The third-order valence-electron chi connectivity index (χ3n) is 5.09. The Balaban J connectivity index is 1.37. The number of hydrogen-bond acceptors (Lipinski definition) is 3. The Kier molecular flexibility index (Phi) is 4.87. The topological polar surface area (TPSA) is 81.9 Å². The Labute approximate surface area is 157 Å². The Bertz CT molecular complexity index is 969. The van der Waals surface area contributed by atoms with Crippen LogP contribution in [0.1, 0.15) is 46.2 Å². The molecule has 1 aromatic carbocycles. The molecule has 4 rings (SSSR count). The summed E-state index contributed by atoms with van der Waals surface area (Å²) in [6, 6.07) is 17.1. The molecule has 1 amide bonds. The van der Waals surface area contributed by atoms with Crippen molar-refractivity contribution in [1.29, 1.82) is 0 Å². The first kappa shape index (κ1) is 17.3. The molecule has 1 saturated heterocycles. The highest BCUT2D eigenvalue weighted by Crippen LogP contribution is 2.28. The zero-order valence-corrected chi connectivity index (χ0v) is 15.0. The van der Waals surface area contributed by atoms with Crippen molar-refractivity contribution in [3.8, 4) is 0 Å². The van der Waals surface area contributed by atoms with E-state index in [0.717, 1.165) is 30.7 Å². The van der Waals surface area contributed by atoms with E-state index in [1.165, 1.54) is 11.6 Å². The van der Waals surface area contributed by atoms with Gasteiger partial charge in [0.25, 0.3) is 5.91 Å². The molecule has 2 N–H and O–H groups in total. The summed E-state index contributed by atoms with van der Waals surface area (Å²) < 4.78 is 0. The van der Waals surface area contributed by atoms with Gasteiger partial charge >= 0.3 is 0 Å². The summed E-state index contributed by atoms with van der Waals surface area (Å²) in [4.78, 5) is 28.4. The maximum atomic E-state index is 12.5. The van der Waals surface area contributed by atoms with Crippen molar-refractivity contribution in [2.24, 2.45) is 0 Å². The lowest BCUT2D eigenvalue weighted by Crippen LogP contribution is -2.38. The SMILES string of the molecule is O=C(c1cccc(=O)[nH]1)N1CCC(c2cc(Cc3ccccc3)[nH]n2)CC1. The molecule has 1 aliphatic heterocycles. The molecule has 1 fully saturated rings. The highest BCUT2D eigenvalue weighted by atomic mass is 16.2. The summed E-state index contributed by atoms with van der Waals surface area (Å²) in [5.41, 5.74) is 3.53. The van der Waals surface area contributed by atoms with E-state index < -0.39 is 0 Å². The average molecular weight is 362 g/mol. The fourth-order valence-electron chi connectivity index (χ4n) is 3.62. The van der Waals surface area contributed by atoms with Gasteiger partial charge in [-0.05, 0) is 30.5 Å². The van der Waals surface area contributed by atoms with Crippen LogP contribution in [0.3, 0.4) is 0 Å². The number of piperidine rings is 1. The maximum absolute atomic E-state index is 12.5. The second-order valence-electron chi connectivity index (χ2n) is 6.98. The summed E-state index contributed by atoms with van der Waals surface area (Å²) in [7, 11) is 0. The number of aromatic amines is 2. The number of benzene rings is 1. The van der Waals surface area contributed by atoms with Crippen LogP contribution in [0.2, 0.25) is 0 Å². The van der Waals surface area contributed by atoms with Gasteiger partial charge in [-0.25, -0.2) is 0 Å². The Hall–Kier alpha value is -3.15. The normalized spacial score (nSPS) is 15.0. The van der Waals surface area contributed by atoms with E-state index in [9.17, 15) is 9.59 Å². The quantitative estimate of drug-likeness (QED) is 0.749. The second kappa shape index (κ2) is 7.61. The van der Waals surface area contributed by atoms with Crippen molar-refractivity contribution < 1.29 is 4.79 Å². The number of amides is 1. The van der Waals surface area contributed by atoms with Crippen molar-refractivity contribution in [1.82, 2.24) is 20.1 Å². The third kappa shape index (κ3) is 4.00. The van der Waals surface area contributed by atoms with E-state index in [1.807, 2.05) is 18.2 Å². The van der Waals surface area contributed by atoms with Gasteiger partial charge in [-0.1, -0.05) is 36.4 Å². The number of carbonyl (C=O) groups is 1. The van der Waals surface area contributed by atoms with Crippen LogP contribution in [0.5, 0.6) is 0 Å². The molecular formula is C21H22N4O2. The van der Waals surface area contributed by atoms with E-state index in [4.69, 9.17) is 0 Å². The van der Waals surface area contributed by atoms with Crippen molar-refractivity contribution in [3.05, 3.63) is 87.6 Å². The minimum absolute atomic E-state index is 0.113. The summed E-state index contributed by atoms with van der Waals surface area (Å²) in [6.45, 7) is 1.34. The lowest BCUT2D eigenvalue weighted by atomic mass is 9.93. The molecule has 1 aliphatic rings. The first-order valence-corrected chi connectivity index (χ1v) is 9.26. The molecule has 0 atom stereocenters. The molecule has 0 bridgehead atoms. The number of rotatable bonds is 4. The molecule has 3 aromatic rings. The van der Waals surface area contributed by atoms with Crippen LogP contribution in [0.25, 0.3) is 0 Å². The molecule has 0 saturated carbocycles. The molecule has 27 heavy (non-hydrogen) atoms. The molecule has 138 valence electrons. The second-order valence-corrected chi connectivity index (χ2v) is 6.98. The predicted octanol–water partition coefficient (Wildman–Crippen LogP) is 2.71. The summed E-state index contributed by atoms with van der Waals surface area (Å²) in [5.74, 6) is 0.239. The first-order chi connectivity index (χ1) is 13.2. The number of carbonyl (C=O) groups excluding carboxylic acids is 1. The van der Waals surface area contributed by atoms with Crippen molar-refractivity contribution in [2.45, 2.75) is 25.2 Å². The zero-order valence-electron chi connectivity index (χ0n) is 15.0. The van der Waals surface area contributed by atoms with Crippen molar-refractivity contribution in [3.63, 3.8) is 0 Å². The lowest BCUT2D eigenvalue weighted by Gasteiger charge is -2.31. The van der Waals surface area contributed by atoms with Gasteiger partial charge in [0.1, 0.15) is 5.69 Å². The van der Waals surface area contributed by atoms with Gasteiger partial charge in [-0.15, -0.1) is 0 Å². The number of aromatic nitrogens is 3. The van der Waals surface area contributed by atoms with Gasteiger partial charge in [0.2, 0.25) is 5.56 Å². The molecule has 2 aromatic heterocycles. The Morgan fingerprint density at radius 3 is 2.59 bits per heavy atom. The van der Waals surface area contributed by atoms with E-state index in [1.54, 1.807) is 17.0 Å². The van der Waals surface area contributed by atoms with Crippen molar-refractivity contribution in [2.75, 3.05) is 13.1 Å². The lowest BCUT2D eigenvalue weighted by molar-refractivity contribution is 0.0706. The maximum Gasteiger partial charge on any atom is 0.270 e. The molecule has 0 unspecified atom stereocenters. The van der Waals surface area contributed by atoms with Gasteiger partial charge in [0, 0.05) is 37.2 Å². The minimum Gasteiger partial charge on any atom is -0.337 e. The zero-order chi connectivity index (χ0) is 18.6. The molecule has 3 heterocycles. The van der Waals surface area contributed by atoms with Crippen LogP contribution in [-0.4, -0.2) is 39.1 Å². The van der Waals surface area contributed by atoms with E-state index in [0.29, 0.717) is 24.7 Å². The van der Waals surface area contributed by atoms with E-state index >= 15 is 0 Å². The van der Waals surface area contributed by atoms with Crippen LogP contribution in [0.4, 0.5) is 0 Å². The van der Waals surface area contributed by atoms with E-state index in [2.05, 4.69) is 33.4 Å². The number of nitrogens with zero attached hydrogens (tertiary/aromatic N) is 2. The fourth-order valence-corrected chi connectivity index (χ4v) is 3.62. The Morgan fingerprint density at radius 1 is 1.07 bits per heavy atom.